The lowest BCUT2D eigenvalue weighted by atomic mass is 9.81. The van der Waals surface area contributed by atoms with Crippen molar-refractivity contribution in [2.24, 2.45) is 23.5 Å². The molecule has 0 radical (unpaired) electrons. The van der Waals surface area contributed by atoms with Crippen molar-refractivity contribution in [2.75, 3.05) is 26.3 Å². The van der Waals surface area contributed by atoms with Crippen LogP contribution in [0.25, 0.3) is 0 Å². The molecule has 1 fully saturated rings. The van der Waals surface area contributed by atoms with Gasteiger partial charge in [0.15, 0.2) is 0 Å². The van der Waals surface area contributed by atoms with E-state index >= 15 is 0 Å². The van der Waals surface area contributed by atoms with Crippen LogP contribution in [0.2, 0.25) is 0 Å². The second-order valence-corrected chi connectivity index (χ2v) is 6.05. The third-order valence-electron chi connectivity index (χ3n) is 3.87. The van der Waals surface area contributed by atoms with Crippen molar-refractivity contribution in [3.8, 4) is 0 Å². The van der Waals surface area contributed by atoms with Crippen LogP contribution in [0.1, 0.15) is 46.0 Å². The van der Waals surface area contributed by atoms with Crippen molar-refractivity contribution >= 4 is 5.91 Å². The Balaban J connectivity index is 2.07. The highest BCUT2D eigenvalue weighted by atomic mass is 16.5. The van der Waals surface area contributed by atoms with Gasteiger partial charge in [0.25, 0.3) is 0 Å². The van der Waals surface area contributed by atoms with Crippen molar-refractivity contribution in [1.29, 1.82) is 0 Å². The summed E-state index contributed by atoms with van der Waals surface area (Å²) in [5.41, 5.74) is 5.69. The van der Waals surface area contributed by atoms with E-state index in [9.17, 15) is 4.79 Å². The van der Waals surface area contributed by atoms with Crippen LogP contribution in [0, 0.1) is 17.8 Å². The van der Waals surface area contributed by atoms with E-state index in [4.69, 9.17) is 10.5 Å². The molecule has 1 aliphatic carbocycles. The standard InChI is InChI=1S/C15H30N2O2/c1-12(2)6-8-19-9-7-17-15(18)14-5-3-4-13(10-14)11-16/h12-14H,3-11,16H2,1-2H3,(H,17,18). The summed E-state index contributed by atoms with van der Waals surface area (Å²) < 4.78 is 5.49. The molecule has 4 nitrogen and oxygen atoms in total. The number of ether oxygens (including phenoxy) is 1. The summed E-state index contributed by atoms with van der Waals surface area (Å²) in [7, 11) is 0. The molecule has 112 valence electrons. The maximum Gasteiger partial charge on any atom is 0.223 e. The fourth-order valence-electron chi connectivity index (χ4n) is 2.56. The second-order valence-electron chi connectivity index (χ2n) is 6.05. The van der Waals surface area contributed by atoms with Crippen molar-refractivity contribution < 1.29 is 9.53 Å². The third kappa shape index (κ3) is 6.92. The maximum absolute atomic E-state index is 12.0. The highest BCUT2D eigenvalue weighted by molar-refractivity contribution is 5.78. The molecule has 4 heteroatoms. The van der Waals surface area contributed by atoms with Crippen LogP contribution in [0.3, 0.4) is 0 Å². The third-order valence-corrected chi connectivity index (χ3v) is 3.87. The zero-order valence-corrected chi connectivity index (χ0v) is 12.5. The van der Waals surface area contributed by atoms with Crippen LogP contribution in [0.5, 0.6) is 0 Å². The minimum Gasteiger partial charge on any atom is -0.380 e. The molecule has 2 atom stereocenters. The summed E-state index contributed by atoms with van der Waals surface area (Å²) in [6, 6.07) is 0. The Kier molecular flexibility index (Phi) is 8.07. The molecule has 1 amide bonds. The SMILES string of the molecule is CC(C)CCOCCNC(=O)C1CCCC(CN)C1. The van der Waals surface area contributed by atoms with Gasteiger partial charge in [0.2, 0.25) is 5.91 Å². The molecule has 19 heavy (non-hydrogen) atoms. The molecule has 2 unspecified atom stereocenters. The average molecular weight is 270 g/mol. The number of hydrogen-bond donors (Lipinski definition) is 2. The lowest BCUT2D eigenvalue weighted by Crippen LogP contribution is -2.36. The predicted octanol–water partition coefficient (Wildman–Crippen LogP) is 1.93. The predicted molar refractivity (Wildman–Crippen MR) is 77.8 cm³/mol. The van der Waals surface area contributed by atoms with Gasteiger partial charge >= 0.3 is 0 Å². The number of amides is 1. The number of nitrogens with two attached hydrogens (primary N) is 1. The highest BCUT2D eigenvalue weighted by Crippen LogP contribution is 2.28. The molecule has 0 heterocycles. The molecule has 0 aromatic heterocycles. The van der Waals surface area contributed by atoms with Gasteiger partial charge in [0.05, 0.1) is 6.61 Å². The van der Waals surface area contributed by atoms with Gasteiger partial charge in [0, 0.05) is 19.1 Å². The number of hydrogen-bond acceptors (Lipinski definition) is 3. The van der Waals surface area contributed by atoms with E-state index in [1.165, 1.54) is 6.42 Å². The number of carbonyl (C=O) groups excluding carboxylic acids is 1. The summed E-state index contributed by atoms with van der Waals surface area (Å²) in [5, 5.41) is 2.98. The first-order valence-corrected chi connectivity index (χ1v) is 7.69. The molecule has 3 N–H and O–H groups in total. The lowest BCUT2D eigenvalue weighted by molar-refractivity contribution is -0.126. The normalized spacial score (nSPS) is 23.6. The van der Waals surface area contributed by atoms with Crippen LogP contribution in [-0.2, 0) is 9.53 Å². The molecule has 0 bridgehead atoms. The van der Waals surface area contributed by atoms with Gasteiger partial charge in [-0.2, -0.15) is 0 Å². The number of rotatable bonds is 8. The first kappa shape index (κ1) is 16.4. The summed E-state index contributed by atoms with van der Waals surface area (Å²) >= 11 is 0. The van der Waals surface area contributed by atoms with E-state index in [-0.39, 0.29) is 11.8 Å². The van der Waals surface area contributed by atoms with Gasteiger partial charge in [-0.3, -0.25) is 4.79 Å². The summed E-state index contributed by atoms with van der Waals surface area (Å²) in [6.07, 6.45) is 5.35. The monoisotopic (exact) mass is 270 g/mol. The topological polar surface area (TPSA) is 64.3 Å². The molecular formula is C15H30N2O2. The molecule has 0 saturated heterocycles. The van der Waals surface area contributed by atoms with E-state index in [1.807, 2.05) is 0 Å². The van der Waals surface area contributed by atoms with Gasteiger partial charge in [-0.05, 0) is 44.1 Å². The highest BCUT2D eigenvalue weighted by Gasteiger charge is 2.26. The molecule has 1 rings (SSSR count). The molecule has 1 aliphatic rings. The zero-order valence-electron chi connectivity index (χ0n) is 12.5. The van der Waals surface area contributed by atoms with Crippen molar-refractivity contribution in [3.63, 3.8) is 0 Å². The van der Waals surface area contributed by atoms with Crippen molar-refractivity contribution in [3.05, 3.63) is 0 Å². The number of nitrogens with one attached hydrogen (secondary N) is 1. The molecule has 0 aliphatic heterocycles. The van der Waals surface area contributed by atoms with Crippen LogP contribution in [-0.4, -0.2) is 32.2 Å². The first-order chi connectivity index (χ1) is 9.13. The average Bonchev–Trinajstić information content (AvgIpc) is 2.42. The second kappa shape index (κ2) is 9.32. The Hall–Kier alpha value is -0.610. The number of carbonyl (C=O) groups is 1. The Bertz CT molecular complexity index is 257. The minimum atomic E-state index is 0.165. The fraction of sp³-hybridized carbons (Fsp3) is 0.933. The Morgan fingerprint density at radius 3 is 2.84 bits per heavy atom. The molecular weight excluding hydrogens is 240 g/mol. The summed E-state index contributed by atoms with van der Waals surface area (Å²) in [4.78, 5) is 12.0. The Morgan fingerprint density at radius 1 is 1.37 bits per heavy atom. The van der Waals surface area contributed by atoms with Gasteiger partial charge in [-0.25, -0.2) is 0 Å². The van der Waals surface area contributed by atoms with Gasteiger partial charge in [0.1, 0.15) is 0 Å². The van der Waals surface area contributed by atoms with E-state index in [1.54, 1.807) is 0 Å². The van der Waals surface area contributed by atoms with Crippen LogP contribution in [0.4, 0.5) is 0 Å². The Labute approximate surface area is 117 Å². The van der Waals surface area contributed by atoms with E-state index in [2.05, 4.69) is 19.2 Å². The fourth-order valence-corrected chi connectivity index (χ4v) is 2.56. The molecule has 1 saturated carbocycles. The van der Waals surface area contributed by atoms with Crippen LogP contribution < -0.4 is 11.1 Å². The minimum absolute atomic E-state index is 0.165. The maximum atomic E-state index is 12.0. The van der Waals surface area contributed by atoms with Gasteiger partial charge in [-0.15, -0.1) is 0 Å². The molecule has 0 aromatic rings. The van der Waals surface area contributed by atoms with Crippen molar-refractivity contribution in [1.82, 2.24) is 5.32 Å². The smallest absolute Gasteiger partial charge is 0.223 e. The van der Waals surface area contributed by atoms with E-state index < -0.39 is 0 Å². The largest absolute Gasteiger partial charge is 0.380 e. The quantitative estimate of drug-likeness (QED) is 0.662. The van der Waals surface area contributed by atoms with Crippen molar-refractivity contribution in [2.45, 2.75) is 46.0 Å². The molecule has 0 aromatic carbocycles. The van der Waals surface area contributed by atoms with E-state index in [0.29, 0.717) is 31.5 Å². The van der Waals surface area contributed by atoms with Gasteiger partial charge < -0.3 is 15.8 Å². The first-order valence-electron chi connectivity index (χ1n) is 7.69. The zero-order chi connectivity index (χ0) is 14.1. The lowest BCUT2D eigenvalue weighted by Gasteiger charge is -2.27. The van der Waals surface area contributed by atoms with E-state index in [0.717, 1.165) is 32.3 Å². The Morgan fingerprint density at radius 2 is 2.16 bits per heavy atom. The molecule has 0 spiro atoms. The summed E-state index contributed by atoms with van der Waals surface area (Å²) in [6.45, 7) is 7.10. The van der Waals surface area contributed by atoms with Crippen LogP contribution >= 0.6 is 0 Å². The summed E-state index contributed by atoms with van der Waals surface area (Å²) in [5.74, 6) is 1.56. The van der Waals surface area contributed by atoms with Crippen LogP contribution in [0.15, 0.2) is 0 Å². The van der Waals surface area contributed by atoms with Gasteiger partial charge in [-0.1, -0.05) is 20.3 Å².